The molecule has 22 heavy (non-hydrogen) atoms. The van der Waals surface area contributed by atoms with E-state index < -0.39 is 11.8 Å². The number of nitrogens with zero attached hydrogens (tertiary/aromatic N) is 1. The zero-order valence-electron chi connectivity index (χ0n) is 12.0. The Balaban J connectivity index is 1.70. The van der Waals surface area contributed by atoms with Crippen molar-refractivity contribution in [1.82, 2.24) is 15.6 Å². The summed E-state index contributed by atoms with van der Waals surface area (Å²) in [4.78, 5) is 27.3. The predicted octanol–water partition coefficient (Wildman–Crippen LogP) is 0.762. The lowest BCUT2D eigenvalue weighted by Gasteiger charge is -2.06. The molecule has 6 heteroatoms. The number of nitrogens with one attached hydrogen (secondary N) is 2. The first kappa shape index (κ1) is 15.5. The van der Waals surface area contributed by atoms with Crippen LogP contribution in [0.3, 0.4) is 0 Å². The lowest BCUT2D eigenvalue weighted by atomic mass is 10.1. The number of phenolic OH excluding ortho intramolecular Hbond substituents is 1. The van der Waals surface area contributed by atoms with Crippen molar-refractivity contribution in [3.63, 3.8) is 0 Å². The van der Waals surface area contributed by atoms with Crippen molar-refractivity contribution < 1.29 is 14.7 Å². The molecule has 0 atom stereocenters. The molecule has 1 aromatic carbocycles. The molecule has 114 valence electrons. The largest absolute Gasteiger partial charge is 0.508 e. The first-order valence-electron chi connectivity index (χ1n) is 6.89. The molecule has 0 saturated heterocycles. The number of benzene rings is 1. The van der Waals surface area contributed by atoms with Crippen LogP contribution in [0.5, 0.6) is 5.75 Å². The number of aromatic nitrogens is 1. The molecular weight excluding hydrogens is 282 g/mol. The van der Waals surface area contributed by atoms with Crippen LogP contribution >= 0.6 is 0 Å². The predicted molar refractivity (Wildman–Crippen MR) is 80.9 cm³/mol. The van der Waals surface area contributed by atoms with Crippen molar-refractivity contribution in [2.75, 3.05) is 6.54 Å². The maximum absolute atomic E-state index is 11.6. The Hall–Kier alpha value is -2.89. The highest BCUT2D eigenvalue weighted by molar-refractivity contribution is 6.35. The van der Waals surface area contributed by atoms with Gasteiger partial charge in [0.2, 0.25) is 0 Å². The van der Waals surface area contributed by atoms with Crippen molar-refractivity contribution in [2.45, 2.75) is 13.0 Å². The van der Waals surface area contributed by atoms with E-state index in [0.29, 0.717) is 18.7 Å². The number of amides is 2. The molecule has 2 amide bonds. The van der Waals surface area contributed by atoms with Crippen LogP contribution in [0.2, 0.25) is 0 Å². The molecule has 0 fully saturated rings. The Labute approximate surface area is 128 Å². The molecule has 6 nitrogen and oxygen atoms in total. The second-order valence-corrected chi connectivity index (χ2v) is 4.68. The summed E-state index contributed by atoms with van der Waals surface area (Å²) in [5.41, 5.74) is 1.65. The van der Waals surface area contributed by atoms with Gasteiger partial charge in [-0.1, -0.05) is 18.2 Å². The maximum Gasteiger partial charge on any atom is 0.309 e. The summed E-state index contributed by atoms with van der Waals surface area (Å²) in [6.45, 7) is 0.561. The van der Waals surface area contributed by atoms with Gasteiger partial charge in [-0.25, -0.2) is 0 Å². The average molecular weight is 299 g/mol. The highest BCUT2D eigenvalue weighted by Crippen LogP contribution is 2.09. The average Bonchev–Trinajstić information content (AvgIpc) is 2.55. The van der Waals surface area contributed by atoms with Crippen LogP contribution in [0.1, 0.15) is 11.3 Å². The van der Waals surface area contributed by atoms with Gasteiger partial charge in [0, 0.05) is 12.7 Å². The molecule has 0 aliphatic heterocycles. The molecule has 0 spiro atoms. The molecule has 0 unspecified atom stereocenters. The summed E-state index contributed by atoms with van der Waals surface area (Å²) in [5.74, 6) is -1.16. The molecule has 1 heterocycles. The Bertz CT molecular complexity index is 627. The minimum atomic E-state index is -0.684. The summed E-state index contributed by atoms with van der Waals surface area (Å²) >= 11 is 0. The minimum absolute atomic E-state index is 0.196. The smallest absolute Gasteiger partial charge is 0.309 e. The van der Waals surface area contributed by atoms with Crippen LogP contribution in [-0.2, 0) is 22.6 Å². The van der Waals surface area contributed by atoms with Gasteiger partial charge >= 0.3 is 11.8 Å². The van der Waals surface area contributed by atoms with E-state index in [1.807, 2.05) is 6.07 Å². The summed E-state index contributed by atoms with van der Waals surface area (Å²) in [6, 6.07) is 12.1. The standard InChI is InChI=1S/C16H17N3O3/c20-14-6-4-12(5-7-14)8-10-18-15(21)16(22)19-11-13-3-1-2-9-17-13/h1-7,9,20H,8,10-11H2,(H,18,21)(H,19,22). The number of carbonyl (C=O) groups excluding carboxylic acids is 2. The first-order valence-corrected chi connectivity index (χ1v) is 6.89. The highest BCUT2D eigenvalue weighted by atomic mass is 16.3. The highest BCUT2D eigenvalue weighted by Gasteiger charge is 2.12. The van der Waals surface area contributed by atoms with E-state index in [-0.39, 0.29) is 12.3 Å². The number of phenols is 1. The fourth-order valence-electron chi connectivity index (χ4n) is 1.82. The second kappa shape index (κ2) is 7.78. The van der Waals surface area contributed by atoms with Crippen molar-refractivity contribution in [3.05, 3.63) is 59.9 Å². The first-order chi connectivity index (χ1) is 10.6. The van der Waals surface area contributed by atoms with E-state index in [9.17, 15) is 9.59 Å². The van der Waals surface area contributed by atoms with Crippen LogP contribution in [0.25, 0.3) is 0 Å². The molecule has 0 saturated carbocycles. The fraction of sp³-hybridized carbons (Fsp3) is 0.188. The molecule has 2 rings (SSSR count). The summed E-state index contributed by atoms with van der Waals surface area (Å²) in [5, 5.41) is 14.2. The Morgan fingerprint density at radius 3 is 2.41 bits per heavy atom. The second-order valence-electron chi connectivity index (χ2n) is 4.68. The summed E-state index contributed by atoms with van der Waals surface area (Å²) < 4.78 is 0. The maximum atomic E-state index is 11.6. The van der Waals surface area contributed by atoms with E-state index in [1.54, 1.807) is 42.6 Å². The van der Waals surface area contributed by atoms with Crippen molar-refractivity contribution in [3.8, 4) is 5.75 Å². The minimum Gasteiger partial charge on any atom is -0.508 e. The van der Waals surface area contributed by atoms with Gasteiger partial charge in [-0.3, -0.25) is 14.6 Å². The van der Waals surface area contributed by atoms with Crippen molar-refractivity contribution in [2.24, 2.45) is 0 Å². The SMILES string of the molecule is O=C(NCCc1ccc(O)cc1)C(=O)NCc1ccccn1. The number of hydrogen-bond donors (Lipinski definition) is 3. The zero-order chi connectivity index (χ0) is 15.8. The molecule has 3 N–H and O–H groups in total. The lowest BCUT2D eigenvalue weighted by molar-refractivity contribution is -0.139. The van der Waals surface area contributed by atoms with E-state index in [2.05, 4.69) is 15.6 Å². The van der Waals surface area contributed by atoms with E-state index in [4.69, 9.17) is 5.11 Å². The summed E-state index contributed by atoms with van der Waals surface area (Å²) in [7, 11) is 0. The van der Waals surface area contributed by atoms with E-state index >= 15 is 0 Å². The number of aromatic hydroxyl groups is 1. The zero-order valence-corrected chi connectivity index (χ0v) is 12.0. The Morgan fingerprint density at radius 2 is 1.73 bits per heavy atom. The van der Waals surface area contributed by atoms with Crippen molar-refractivity contribution in [1.29, 1.82) is 0 Å². The molecule has 0 aliphatic carbocycles. The quantitative estimate of drug-likeness (QED) is 0.711. The molecule has 2 aromatic rings. The third kappa shape index (κ3) is 4.90. The fourth-order valence-corrected chi connectivity index (χ4v) is 1.82. The lowest BCUT2D eigenvalue weighted by Crippen LogP contribution is -2.40. The monoisotopic (exact) mass is 299 g/mol. The van der Waals surface area contributed by atoms with Gasteiger partial charge in [0.15, 0.2) is 0 Å². The van der Waals surface area contributed by atoms with Gasteiger partial charge in [-0.05, 0) is 36.2 Å². The number of rotatable bonds is 5. The Kier molecular flexibility index (Phi) is 5.48. The van der Waals surface area contributed by atoms with Crippen LogP contribution in [-0.4, -0.2) is 28.4 Å². The van der Waals surface area contributed by atoms with E-state index in [0.717, 1.165) is 5.56 Å². The summed E-state index contributed by atoms with van der Waals surface area (Å²) in [6.07, 6.45) is 2.21. The van der Waals surface area contributed by atoms with Gasteiger partial charge in [0.25, 0.3) is 0 Å². The normalized spacial score (nSPS) is 10.0. The van der Waals surface area contributed by atoms with Gasteiger partial charge in [-0.2, -0.15) is 0 Å². The molecule has 0 bridgehead atoms. The van der Waals surface area contributed by atoms with Gasteiger partial charge in [-0.15, -0.1) is 0 Å². The van der Waals surface area contributed by atoms with Gasteiger partial charge in [0.1, 0.15) is 5.75 Å². The van der Waals surface area contributed by atoms with Crippen molar-refractivity contribution >= 4 is 11.8 Å². The van der Waals surface area contributed by atoms with Gasteiger partial charge < -0.3 is 15.7 Å². The molecular formula is C16H17N3O3. The third-order valence-corrected chi connectivity index (χ3v) is 3.00. The Morgan fingerprint density at radius 1 is 1.00 bits per heavy atom. The number of carbonyl (C=O) groups is 2. The molecule has 1 aromatic heterocycles. The molecule has 0 radical (unpaired) electrons. The van der Waals surface area contributed by atoms with Crippen LogP contribution in [0, 0.1) is 0 Å². The van der Waals surface area contributed by atoms with Crippen LogP contribution in [0.15, 0.2) is 48.7 Å². The van der Waals surface area contributed by atoms with E-state index in [1.165, 1.54) is 0 Å². The van der Waals surface area contributed by atoms with Crippen LogP contribution < -0.4 is 10.6 Å². The third-order valence-electron chi connectivity index (χ3n) is 3.00. The number of hydrogen-bond acceptors (Lipinski definition) is 4. The van der Waals surface area contributed by atoms with Gasteiger partial charge in [0.05, 0.1) is 12.2 Å². The molecule has 0 aliphatic rings. The topological polar surface area (TPSA) is 91.3 Å². The van der Waals surface area contributed by atoms with Crippen LogP contribution in [0.4, 0.5) is 0 Å². The number of pyridine rings is 1.